The van der Waals surface area contributed by atoms with E-state index < -0.39 is 0 Å². The summed E-state index contributed by atoms with van der Waals surface area (Å²) < 4.78 is 2.05. The van der Waals surface area contributed by atoms with Crippen molar-refractivity contribution in [2.75, 3.05) is 0 Å². The summed E-state index contributed by atoms with van der Waals surface area (Å²) in [6.45, 7) is 9.57. The highest BCUT2D eigenvalue weighted by atomic mass is 79.9. The average molecular weight is 322 g/mol. The third-order valence-electron chi connectivity index (χ3n) is 2.96. The fraction of sp³-hybridized carbons (Fsp3) is 0.769. The Balaban J connectivity index is 2.85. The Morgan fingerprint density at radius 1 is 1.35 bits per heavy atom. The van der Waals surface area contributed by atoms with E-state index >= 15 is 0 Å². The molecule has 1 aromatic rings. The molecule has 0 aliphatic carbocycles. The van der Waals surface area contributed by atoms with Crippen molar-refractivity contribution in [1.82, 2.24) is 9.78 Å². The van der Waals surface area contributed by atoms with Gasteiger partial charge in [0.2, 0.25) is 0 Å². The second-order valence-corrected chi connectivity index (χ2v) is 6.64. The van der Waals surface area contributed by atoms with E-state index in [2.05, 4.69) is 53.4 Å². The number of nitrogens with zero attached hydrogens (tertiary/aromatic N) is 2. The van der Waals surface area contributed by atoms with Gasteiger partial charge in [-0.3, -0.25) is 4.68 Å². The molecule has 4 heteroatoms. The molecule has 2 atom stereocenters. The molecule has 0 spiro atoms. The minimum Gasteiger partial charge on any atom is -0.268 e. The molecule has 1 rings (SSSR count). The largest absolute Gasteiger partial charge is 0.268 e. The molecule has 98 valence electrons. The van der Waals surface area contributed by atoms with Gasteiger partial charge in [-0.25, -0.2) is 0 Å². The first-order chi connectivity index (χ1) is 7.99. The minimum atomic E-state index is 0.555. The SMILES string of the molecule is CCc1nn(CC)c(CC(C)CC(C)Br)c1Cl. The maximum absolute atomic E-state index is 6.39. The van der Waals surface area contributed by atoms with Gasteiger partial charge in [0.05, 0.1) is 16.4 Å². The summed E-state index contributed by atoms with van der Waals surface area (Å²) in [4.78, 5) is 0.555. The van der Waals surface area contributed by atoms with Crippen LogP contribution in [-0.2, 0) is 19.4 Å². The van der Waals surface area contributed by atoms with Crippen LogP contribution in [0.2, 0.25) is 5.02 Å². The number of hydrogen-bond acceptors (Lipinski definition) is 1. The second kappa shape index (κ2) is 6.79. The van der Waals surface area contributed by atoms with E-state index in [0.717, 1.165) is 36.5 Å². The van der Waals surface area contributed by atoms with Gasteiger partial charge >= 0.3 is 0 Å². The van der Waals surface area contributed by atoms with Crippen LogP contribution in [0.5, 0.6) is 0 Å². The number of hydrogen-bond donors (Lipinski definition) is 0. The van der Waals surface area contributed by atoms with Crippen molar-refractivity contribution in [2.45, 2.75) is 58.3 Å². The van der Waals surface area contributed by atoms with Crippen LogP contribution in [0.25, 0.3) is 0 Å². The molecule has 0 aliphatic rings. The summed E-state index contributed by atoms with van der Waals surface area (Å²) in [7, 11) is 0. The van der Waals surface area contributed by atoms with E-state index in [1.54, 1.807) is 0 Å². The van der Waals surface area contributed by atoms with Crippen LogP contribution >= 0.6 is 27.5 Å². The normalized spacial score (nSPS) is 14.9. The monoisotopic (exact) mass is 320 g/mol. The third kappa shape index (κ3) is 3.99. The summed E-state index contributed by atoms with van der Waals surface area (Å²) in [6.07, 6.45) is 3.07. The van der Waals surface area contributed by atoms with Crippen molar-refractivity contribution in [1.29, 1.82) is 0 Å². The molecule has 2 nitrogen and oxygen atoms in total. The van der Waals surface area contributed by atoms with Crippen molar-refractivity contribution in [3.05, 3.63) is 16.4 Å². The molecule has 1 heterocycles. The maximum Gasteiger partial charge on any atom is 0.0849 e. The maximum atomic E-state index is 6.39. The van der Waals surface area contributed by atoms with Crippen LogP contribution in [0, 0.1) is 5.92 Å². The Morgan fingerprint density at radius 3 is 2.47 bits per heavy atom. The predicted molar refractivity (Wildman–Crippen MR) is 78.2 cm³/mol. The minimum absolute atomic E-state index is 0.555. The van der Waals surface area contributed by atoms with E-state index in [9.17, 15) is 0 Å². The molecule has 2 unspecified atom stereocenters. The van der Waals surface area contributed by atoms with E-state index in [1.807, 2.05) is 0 Å². The molecule has 0 bridgehead atoms. The smallest absolute Gasteiger partial charge is 0.0849 e. The standard InChI is InChI=1S/C13H22BrClN2/c1-5-11-13(15)12(17(6-2)16-11)8-9(3)7-10(4)14/h9-10H,5-8H2,1-4H3. The van der Waals surface area contributed by atoms with Crippen LogP contribution in [0.1, 0.15) is 45.5 Å². The molecule has 0 saturated heterocycles. The Bertz CT molecular complexity index is 361. The fourth-order valence-electron chi connectivity index (χ4n) is 2.18. The summed E-state index contributed by atoms with van der Waals surface area (Å²) in [5.74, 6) is 0.619. The molecule has 0 saturated carbocycles. The number of aryl methyl sites for hydroxylation is 2. The molecule has 0 fully saturated rings. The zero-order valence-corrected chi connectivity index (χ0v) is 13.5. The van der Waals surface area contributed by atoms with Gasteiger partial charge in [-0.05, 0) is 32.1 Å². The van der Waals surface area contributed by atoms with E-state index in [4.69, 9.17) is 11.6 Å². The lowest BCUT2D eigenvalue weighted by Crippen LogP contribution is -2.10. The van der Waals surface area contributed by atoms with Crippen LogP contribution in [0.3, 0.4) is 0 Å². The van der Waals surface area contributed by atoms with Gasteiger partial charge in [0.1, 0.15) is 0 Å². The van der Waals surface area contributed by atoms with Gasteiger partial charge in [-0.1, -0.05) is 48.3 Å². The Labute approximate surface area is 118 Å². The van der Waals surface area contributed by atoms with Crippen molar-refractivity contribution in [2.24, 2.45) is 5.92 Å². The molecule has 0 radical (unpaired) electrons. The van der Waals surface area contributed by atoms with Gasteiger partial charge in [0.25, 0.3) is 0 Å². The average Bonchev–Trinajstić information content (AvgIpc) is 2.55. The summed E-state index contributed by atoms with van der Waals surface area (Å²) >= 11 is 10.00. The molecule has 17 heavy (non-hydrogen) atoms. The quantitative estimate of drug-likeness (QED) is 0.707. The Morgan fingerprint density at radius 2 is 2.00 bits per heavy atom. The van der Waals surface area contributed by atoms with Gasteiger partial charge in [-0.2, -0.15) is 5.10 Å². The summed E-state index contributed by atoms with van der Waals surface area (Å²) in [5, 5.41) is 5.43. The van der Waals surface area contributed by atoms with Crippen molar-refractivity contribution in [3.8, 4) is 0 Å². The highest BCUT2D eigenvalue weighted by molar-refractivity contribution is 9.09. The number of halogens is 2. The highest BCUT2D eigenvalue weighted by Crippen LogP contribution is 2.26. The van der Waals surface area contributed by atoms with Gasteiger partial charge < -0.3 is 0 Å². The first-order valence-electron chi connectivity index (χ1n) is 6.37. The van der Waals surface area contributed by atoms with E-state index in [1.165, 1.54) is 5.69 Å². The van der Waals surface area contributed by atoms with Crippen LogP contribution < -0.4 is 0 Å². The van der Waals surface area contributed by atoms with Gasteiger partial charge in [0.15, 0.2) is 0 Å². The predicted octanol–water partition coefficient (Wildman–Crippen LogP) is 4.47. The van der Waals surface area contributed by atoms with E-state index in [-0.39, 0.29) is 0 Å². The van der Waals surface area contributed by atoms with Gasteiger partial charge in [0, 0.05) is 11.4 Å². The summed E-state index contributed by atoms with van der Waals surface area (Å²) in [6, 6.07) is 0. The Kier molecular flexibility index (Phi) is 6.01. The van der Waals surface area contributed by atoms with Crippen LogP contribution in [0.4, 0.5) is 0 Å². The number of aromatic nitrogens is 2. The van der Waals surface area contributed by atoms with Gasteiger partial charge in [-0.15, -0.1) is 0 Å². The van der Waals surface area contributed by atoms with Crippen LogP contribution in [-0.4, -0.2) is 14.6 Å². The van der Waals surface area contributed by atoms with E-state index in [0.29, 0.717) is 10.7 Å². The second-order valence-electron chi connectivity index (χ2n) is 4.70. The Hall–Kier alpha value is -0.0200. The zero-order chi connectivity index (χ0) is 13.0. The number of alkyl halides is 1. The lowest BCUT2D eigenvalue weighted by molar-refractivity contribution is 0.499. The lowest BCUT2D eigenvalue weighted by atomic mass is 10.00. The molecule has 0 aromatic carbocycles. The van der Waals surface area contributed by atoms with Crippen molar-refractivity contribution >= 4 is 27.5 Å². The topological polar surface area (TPSA) is 17.8 Å². The molecular formula is C13H22BrClN2. The highest BCUT2D eigenvalue weighted by Gasteiger charge is 2.17. The third-order valence-corrected chi connectivity index (χ3v) is 3.77. The number of rotatable bonds is 6. The molecule has 0 N–H and O–H groups in total. The lowest BCUT2D eigenvalue weighted by Gasteiger charge is -2.14. The molecular weight excluding hydrogens is 300 g/mol. The molecule has 1 aromatic heterocycles. The van der Waals surface area contributed by atoms with Crippen LogP contribution in [0.15, 0.2) is 0 Å². The first kappa shape index (κ1) is 15.0. The molecule has 0 aliphatic heterocycles. The first-order valence-corrected chi connectivity index (χ1v) is 7.67. The van der Waals surface area contributed by atoms with Crippen molar-refractivity contribution in [3.63, 3.8) is 0 Å². The fourth-order valence-corrected chi connectivity index (χ4v) is 3.16. The van der Waals surface area contributed by atoms with Crippen molar-refractivity contribution < 1.29 is 0 Å². The zero-order valence-electron chi connectivity index (χ0n) is 11.1. The molecule has 0 amide bonds. The summed E-state index contributed by atoms with van der Waals surface area (Å²) in [5.41, 5.74) is 2.23.